The minimum absolute atomic E-state index is 0.0318. The summed E-state index contributed by atoms with van der Waals surface area (Å²) in [7, 11) is 0. The summed E-state index contributed by atoms with van der Waals surface area (Å²) >= 11 is 0. The van der Waals surface area contributed by atoms with E-state index in [1.165, 1.54) is 18.2 Å². The molecule has 20 heavy (non-hydrogen) atoms. The van der Waals surface area contributed by atoms with Gasteiger partial charge in [0.25, 0.3) is 5.91 Å². The van der Waals surface area contributed by atoms with Gasteiger partial charge in [0, 0.05) is 18.2 Å². The van der Waals surface area contributed by atoms with E-state index in [0.717, 1.165) is 6.42 Å². The first kappa shape index (κ1) is 16.2. The number of hydrogen-bond acceptors (Lipinski definition) is 2. The van der Waals surface area contributed by atoms with E-state index in [2.05, 4.69) is 11.8 Å². The quantitative estimate of drug-likeness (QED) is 0.859. The molecule has 1 N–H and O–H groups in total. The van der Waals surface area contributed by atoms with Gasteiger partial charge < -0.3 is 10.0 Å². The molecule has 0 heterocycles. The van der Waals surface area contributed by atoms with E-state index in [1.54, 1.807) is 4.90 Å². The van der Waals surface area contributed by atoms with E-state index in [-0.39, 0.29) is 24.1 Å². The first-order chi connectivity index (χ1) is 9.51. The Labute approximate surface area is 119 Å². The third-order valence-corrected chi connectivity index (χ3v) is 2.86. The van der Waals surface area contributed by atoms with Crippen molar-refractivity contribution in [2.75, 3.05) is 13.2 Å². The van der Waals surface area contributed by atoms with Gasteiger partial charge in [-0.05, 0) is 38.5 Å². The van der Waals surface area contributed by atoms with E-state index in [0.29, 0.717) is 12.1 Å². The van der Waals surface area contributed by atoms with Crippen LogP contribution in [0.4, 0.5) is 4.39 Å². The Morgan fingerprint density at radius 2 is 2.15 bits per heavy atom. The van der Waals surface area contributed by atoms with Crippen LogP contribution in [0.15, 0.2) is 18.2 Å². The number of halogens is 1. The van der Waals surface area contributed by atoms with E-state index >= 15 is 0 Å². The molecule has 0 unspecified atom stereocenters. The molecular formula is C16H20FNO2. The van der Waals surface area contributed by atoms with Crippen LogP contribution in [0.1, 0.15) is 43.1 Å². The van der Waals surface area contributed by atoms with Crippen molar-refractivity contribution < 1.29 is 14.3 Å². The lowest BCUT2D eigenvalue weighted by Gasteiger charge is -2.26. The van der Waals surface area contributed by atoms with Crippen LogP contribution in [0.25, 0.3) is 0 Å². The SMILES string of the molecule is CCCN(C(=O)c1cc(F)ccc1C#CCO)C(C)C. The van der Waals surface area contributed by atoms with E-state index < -0.39 is 5.82 Å². The Morgan fingerprint density at radius 1 is 1.45 bits per heavy atom. The van der Waals surface area contributed by atoms with Gasteiger partial charge in [-0.15, -0.1) is 0 Å². The maximum absolute atomic E-state index is 13.4. The highest BCUT2D eigenvalue weighted by atomic mass is 19.1. The van der Waals surface area contributed by atoms with E-state index in [1.807, 2.05) is 20.8 Å². The van der Waals surface area contributed by atoms with Gasteiger partial charge >= 0.3 is 0 Å². The summed E-state index contributed by atoms with van der Waals surface area (Å²) < 4.78 is 13.4. The van der Waals surface area contributed by atoms with Crippen molar-refractivity contribution in [3.8, 4) is 11.8 Å². The summed E-state index contributed by atoms with van der Waals surface area (Å²) in [6, 6.07) is 3.96. The Morgan fingerprint density at radius 3 is 2.70 bits per heavy atom. The number of aliphatic hydroxyl groups excluding tert-OH is 1. The molecule has 0 aliphatic rings. The van der Waals surface area contributed by atoms with Gasteiger partial charge in [0.15, 0.2) is 0 Å². The van der Waals surface area contributed by atoms with Crippen molar-refractivity contribution in [2.45, 2.75) is 33.2 Å². The second-order valence-electron chi connectivity index (χ2n) is 4.74. The number of rotatable bonds is 4. The zero-order valence-corrected chi connectivity index (χ0v) is 12.1. The van der Waals surface area contributed by atoms with Crippen LogP contribution in [0.5, 0.6) is 0 Å². The lowest BCUT2D eigenvalue weighted by molar-refractivity contribution is 0.0705. The number of amides is 1. The Hall–Kier alpha value is -1.86. The number of aliphatic hydroxyl groups is 1. The van der Waals surface area contributed by atoms with Crippen molar-refractivity contribution in [2.24, 2.45) is 0 Å². The second-order valence-corrected chi connectivity index (χ2v) is 4.74. The minimum Gasteiger partial charge on any atom is -0.384 e. The Kier molecular flexibility index (Phi) is 6.20. The third-order valence-electron chi connectivity index (χ3n) is 2.86. The normalized spacial score (nSPS) is 10.1. The summed E-state index contributed by atoms with van der Waals surface area (Å²) in [5, 5.41) is 8.75. The molecule has 1 aromatic rings. The van der Waals surface area contributed by atoms with Crippen molar-refractivity contribution in [3.63, 3.8) is 0 Å². The van der Waals surface area contributed by atoms with Crippen LogP contribution in [-0.2, 0) is 0 Å². The zero-order valence-electron chi connectivity index (χ0n) is 12.1. The molecule has 0 aliphatic heterocycles. The maximum Gasteiger partial charge on any atom is 0.255 e. The largest absolute Gasteiger partial charge is 0.384 e. The van der Waals surface area contributed by atoms with E-state index in [9.17, 15) is 9.18 Å². The zero-order chi connectivity index (χ0) is 15.1. The highest BCUT2D eigenvalue weighted by Crippen LogP contribution is 2.15. The standard InChI is InChI=1S/C16H20FNO2/c1-4-9-18(12(2)3)16(20)15-11-14(17)8-7-13(15)6-5-10-19/h7-8,11-12,19H,4,9-10H2,1-3H3. The van der Waals surface area contributed by atoms with Crippen LogP contribution in [0, 0.1) is 17.7 Å². The molecule has 0 atom stereocenters. The molecular weight excluding hydrogens is 257 g/mol. The van der Waals surface area contributed by atoms with Crippen LogP contribution in [0.3, 0.4) is 0 Å². The van der Waals surface area contributed by atoms with E-state index in [4.69, 9.17) is 5.11 Å². The van der Waals surface area contributed by atoms with Crippen LogP contribution >= 0.6 is 0 Å². The third kappa shape index (κ3) is 4.07. The maximum atomic E-state index is 13.4. The molecule has 4 heteroatoms. The summed E-state index contributed by atoms with van der Waals surface area (Å²) in [6.45, 7) is 6.15. The van der Waals surface area contributed by atoms with Gasteiger partial charge in [-0.3, -0.25) is 4.79 Å². The molecule has 0 spiro atoms. The molecule has 0 saturated heterocycles. The molecule has 0 fully saturated rings. The lowest BCUT2D eigenvalue weighted by Crippen LogP contribution is -2.38. The molecule has 3 nitrogen and oxygen atoms in total. The van der Waals surface area contributed by atoms with Crippen molar-refractivity contribution >= 4 is 5.91 Å². The molecule has 108 valence electrons. The Bertz CT molecular complexity index is 529. The smallest absolute Gasteiger partial charge is 0.255 e. The Balaban J connectivity index is 3.21. The molecule has 1 amide bonds. The molecule has 0 aliphatic carbocycles. The summed E-state index contributed by atoms with van der Waals surface area (Å²) in [5.74, 6) is 4.48. The topological polar surface area (TPSA) is 40.5 Å². The number of nitrogens with zero attached hydrogens (tertiary/aromatic N) is 1. The number of carbonyl (C=O) groups is 1. The number of benzene rings is 1. The lowest BCUT2D eigenvalue weighted by atomic mass is 10.1. The van der Waals surface area contributed by atoms with Gasteiger partial charge in [-0.25, -0.2) is 4.39 Å². The fourth-order valence-electron chi connectivity index (χ4n) is 1.93. The predicted molar refractivity (Wildman–Crippen MR) is 76.8 cm³/mol. The molecule has 0 bridgehead atoms. The summed E-state index contributed by atoms with van der Waals surface area (Å²) in [4.78, 5) is 14.2. The van der Waals surface area contributed by atoms with Crippen LogP contribution in [0.2, 0.25) is 0 Å². The number of carbonyl (C=O) groups excluding carboxylic acids is 1. The molecule has 0 aromatic heterocycles. The molecule has 0 radical (unpaired) electrons. The predicted octanol–water partition coefficient (Wildman–Crippen LogP) is 2.43. The minimum atomic E-state index is -0.469. The summed E-state index contributed by atoms with van der Waals surface area (Å²) in [5.41, 5.74) is 0.681. The van der Waals surface area contributed by atoms with Crippen LogP contribution in [-0.4, -0.2) is 35.1 Å². The summed E-state index contributed by atoms with van der Waals surface area (Å²) in [6.07, 6.45) is 0.830. The van der Waals surface area contributed by atoms with Gasteiger partial charge in [-0.2, -0.15) is 0 Å². The van der Waals surface area contributed by atoms with Gasteiger partial charge in [-0.1, -0.05) is 18.8 Å². The fourth-order valence-corrected chi connectivity index (χ4v) is 1.93. The average Bonchev–Trinajstić information content (AvgIpc) is 2.42. The second kappa shape index (κ2) is 7.66. The fraction of sp³-hybridized carbons (Fsp3) is 0.438. The monoisotopic (exact) mass is 277 g/mol. The molecule has 1 rings (SSSR count). The van der Waals surface area contributed by atoms with Crippen molar-refractivity contribution in [1.29, 1.82) is 0 Å². The van der Waals surface area contributed by atoms with Gasteiger partial charge in [0.05, 0.1) is 5.56 Å². The highest BCUT2D eigenvalue weighted by molar-refractivity contribution is 5.97. The first-order valence-corrected chi connectivity index (χ1v) is 6.71. The number of hydrogen-bond donors (Lipinski definition) is 1. The molecule has 1 aromatic carbocycles. The van der Waals surface area contributed by atoms with Crippen LogP contribution < -0.4 is 0 Å². The van der Waals surface area contributed by atoms with Gasteiger partial charge in [0.1, 0.15) is 12.4 Å². The van der Waals surface area contributed by atoms with Crippen molar-refractivity contribution in [1.82, 2.24) is 4.90 Å². The molecule has 0 saturated carbocycles. The first-order valence-electron chi connectivity index (χ1n) is 6.71. The van der Waals surface area contributed by atoms with Crippen molar-refractivity contribution in [3.05, 3.63) is 35.1 Å². The average molecular weight is 277 g/mol. The van der Waals surface area contributed by atoms with Gasteiger partial charge in [0.2, 0.25) is 0 Å². The highest BCUT2D eigenvalue weighted by Gasteiger charge is 2.20.